The van der Waals surface area contributed by atoms with Crippen molar-refractivity contribution in [2.24, 2.45) is 11.5 Å². The maximum atomic E-state index is 11.1. The van der Waals surface area contributed by atoms with Crippen molar-refractivity contribution in [3.63, 3.8) is 0 Å². The second-order valence-electron chi connectivity index (χ2n) is 4.41. The highest BCUT2D eigenvalue weighted by Crippen LogP contribution is 1.93. The summed E-state index contributed by atoms with van der Waals surface area (Å²) >= 11 is 0. The molecule has 0 bridgehead atoms. The van der Waals surface area contributed by atoms with E-state index in [-0.39, 0.29) is 55.6 Å². The summed E-state index contributed by atoms with van der Waals surface area (Å²) in [4.78, 5) is 42.3. The van der Waals surface area contributed by atoms with Gasteiger partial charge in [0.1, 0.15) is 4.91 Å². The molecule has 0 unspecified atom stereocenters. The smallest absolute Gasteiger partial charge is 0.355 e. The molecule has 0 radical (unpaired) electrons. The van der Waals surface area contributed by atoms with Crippen molar-refractivity contribution in [1.82, 2.24) is 10.6 Å². The number of unbranched alkanes of at least 4 members (excludes halogenated alkanes) is 2. The molecular weight excluding hydrogens is 330 g/mol. The highest BCUT2D eigenvalue weighted by atomic mass is 35.5. The maximum Gasteiger partial charge on any atom is 0.477 e. The minimum atomic E-state index is -0.211. The zero-order valence-electron chi connectivity index (χ0n) is 13.1. The SMILES string of the molecule is Cl.NCC(=O)NCCCCO[N+](=O)OCCCCNC(=O)CN. The van der Waals surface area contributed by atoms with Crippen molar-refractivity contribution in [3.8, 4) is 0 Å². The Morgan fingerprint density at radius 3 is 1.57 bits per heavy atom. The summed E-state index contributed by atoms with van der Waals surface area (Å²) in [7, 11) is 0. The summed E-state index contributed by atoms with van der Waals surface area (Å²) in [6.07, 6.45) is 2.58. The molecule has 11 heteroatoms. The van der Waals surface area contributed by atoms with Crippen LogP contribution in [0.15, 0.2) is 0 Å². The van der Waals surface area contributed by atoms with E-state index >= 15 is 0 Å². The summed E-state index contributed by atoms with van der Waals surface area (Å²) in [6.45, 7) is 1.33. The molecule has 0 aliphatic heterocycles. The third-order valence-corrected chi connectivity index (χ3v) is 2.55. The highest BCUT2D eigenvalue weighted by Gasteiger charge is 2.11. The number of hydrogen-bond donors (Lipinski definition) is 4. The number of carbonyl (C=O) groups is 2. The van der Waals surface area contributed by atoms with Gasteiger partial charge in [-0.1, -0.05) is 0 Å². The normalized spacial score (nSPS) is 9.48. The second-order valence-corrected chi connectivity index (χ2v) is 4.41. The van der Waals surface area contributed by atoms with Gasteiger partial charge in [0.2, 0.25) is 11.8 Å². The zero-order chi connectivity index (χ0) is 16.6. The molecule has 0 saturated carbocycles. The summed E-state index contributed by atoms with van der Waals surface area (Å²) in [6, 6.07) is 0. The van der Waals surface area contributed by atoms with Crippen molar-refractivity contribution in [1.29, 1.82) is 0 Å². The third kappa shape index (κ3) is 16.5. The van der Waals surface area contributed by atoms with E-state index in [4.69, 9.17) is 21.1 Å². The average Bonchev–Trinajstić information content (AvgIpc) is 2.53. The van der Waals surface area contributed by atoms with Gasteiger partial charge in [-0.2, -0.15) is 9.68 Å². The summed E-state index contributed by atoms with van der Waals surface area (Å²) < 4.78 is 0. The van der Waals surface area contributed by atoms with Gasteiger partial charge in [-0.15, -0.1) is 12.4 Å². The number of nitrogens with zero attached hydrogens (tertiary/aromatic N) is 1. The van der Waals surface area contributed by atoms with E-state index in [1.165, 1.54) is 0 Å². The van der Waals surface area contributed by atoms with Crippen LogP contribution in [0.1, 0.15) is 25.7 Å². The maximum absolute atomic E-state index is 11.1. The van der Waals surface area contributed by atoms with Crippen LogP contribution in [0.3, 0.4) is 0 Å². The van der Waals surface area contributed by atoms with E-state index in [0.717, 1.165) is 0 Å². The fourth-order valence-corrected chi connectivity index (χ4v) is 1.37. The predicted octanol–water partition coefficient (Wildman–Crippen LogP) is -1.24. The van der Waals surface area contributed by atoms with Crippen molar-refractivity contribution >= 4 is 24.2 Å². The van der Waals surface area contributed by atoms with Gasteiger partial charge < -0.3 is 22.1 Å². The summed E-state index contributed by atoms with van der Waals surface area (Å²) in [5.41, 5.74) is 10.2. The number of nitrogens with two attached hydrogens (primary N) is 2. The van der Waals surface area contributed by atoms with Crippen LogP contribution in [-0.2, 0) is 19.3 Å². The van der Waals surface area contributed by atoms with Crippen LogP contribution in [0.2, 0.25) is 0 Å². The molecule has 6 N–H and O–H groups in total. The lowest BCUT2D eigenvalue weighted by atomic mass is 10.3. The fourth-order valence-electron chi connectivity index (χ4n) is 1.37. The van der Waals surface area contributed by atoms with E-state index in [1.54, 1.807) is 0 Å². The number of rotatable bonds is 14. The highest BCUT2D eigenvalue weighted by molar-refractivity contribution is 5.85. The number of amides is 2. The molecular formula is C12H27ClN5O5+. The van der Waals surface area contributed by atoms with Gasteiger partial charge in [0, 0.05) is 13.1 Å². The van der Waals surface area contributed by atoms with Gasteiger partial charge >= 0.3 is 5.09 Å². The van der Waals surface area contributed by atoms with Gasteiger partial charge in [0.15, 0.2) is 13.2 Å². The van der Waals surface area contributed by atoms with Crippen molar-refractivity contribution in [2.75, 3.05) is 39.4 Å². The summed E-state index contributed by atoms with van der Waals surface area (Å²) in [5, 5.41) is 5.29. The lowest BCUT2D eigenvalue weighted by Gasteiger charge is -2.02. The van der Waals surface area contributed by atoms with Gasteiger partial charge in [0.05, 0.1) is 13.1 Å². The quantitative estimate of drug-likeness (QED) is 0.224. The molecule has 0 aromatic heterocycles. The predicted molar refractivity (Wildman–Crippen MR) is 85.4 cm³/mol. The number of carbonyl (C=O) groups excluding carboxylic acids is 2. The molecule has 0 aromatic carbocycles. The van der Waals surface area contributed by atoms with Gasteiger partial charge in [0.25, 0.3) is 0 Å². The van der Waals surface area contributed by atoms with Crippen LogP contribution < -0.4 is 22.1 Å². The van der Waals surface area contributed by atoms with Crippen LogP contribution >= 0.6 is 12.4 Å². The lowest BCUT2D eigenvalue weighted by Crippen LogP contribution is -2.31. The molecule has 0 aromatic rings. The first-order valence-corrected chi connectivity index (χ1v) is 7.26. The topological polar surface area (TPSA) is 149 Å². The molecule has 10 nitrogen and oxygen atoms in total. The Morgan fingerprint density at radius 2 is 1.22 bits per heavy atom. The van der Waals surface area contributed by atoms with E-state index < -0.39 is 0 Å². The van der Waals surface area contributed by atoms with Crippen molar-refractivity contribution in [3.05, 3.63) is 4.91 Å². The largest absolute Gasteiger partial charge is 0.477 e. The Hall–Kier alpha value is -1.65. The molecule has 0 rings (SSSR count). The minimum Gasteiger partial charge on any atom is -0.355 e. The van der Waals surface area contributed by atoms with Crippen molar-refractivity contribution < 1.29 is 24.4 Å². The van der Waals surface area contributed by atoms with E-state index in [0.29, 0.717) is 38.8 Å². The standard InChI is InChI=1S/C12H25N5O5.ClH/c13-9-11(18)15-5-1-3-7-21-17(20)22-8-4-2-6-16-12(19)10-14;/h1-10,13-14H2,(H-,15,16,18,19);1H/p+1. The Kier molecular flexibility index (Phi) is 17.2. The molecule has 136 valence electrons. The van der Waals surface area contributed by atoms with Crippen molar-refractivity contribution in [2.45, 2.75) is 25.7 Å². The Bertz CT molecular complexity index is 316. The Balaban J connectivity index is 0. The van der Waals surface area contributed by atoms with Gasteiger partial charge in [-0.25, -0.2) is 0 Å². The van der Waals surface area contributed by atoms with Gasteiger partial charge in [-0.05, 0) is 25.7 Å². The molecule has 0 spiro atoms. The fraction of sp³-hybridized carbons (Fsp3) is 0.833. The zero-order valence-corrected chi connectivity index (χ0v) is 13.9. The van der Waals surface area contributed by atoms with E-state index in [1.807, 2.05) is 0 Å². The van der Waals surface area contributed by atoms with Crippen LogP contribution in [0, 0.1) is 4.91 Å². The Labute approximate surface area is 141 Å². The van der Waals surface area contributed by atoms with E-state index in [2.05, 4.69) is 10.6 Å². The molecule has 0 atom stereocenters. The van der Waals surface area contributed by atoms with Crippen LogP contribution in [0.5, 0.6) is 0 Å². The molecule has 0 fully saturated rings. The molecule has 0 heterocycles. The van der Waals surface area contributed by atoms with Crippen LogP contribution in [0.25, 0.3) is 0 Å². The number of halogens is 1. The number of nitrogens with one attached hydrogen (secondary N) is 2. The van der Waals surface area contributed by atoms with Crippen LogP contribution in [-0.4, -0.2) is 56.3 Å². The first kappa shape index (κ1) is 23.6. The van der Waals surface area contributed by atoms with E-state index in [9.17, 15) is 14.5 Å². The molecule has 2 amide bonds. The molecule has 0 saturated heterocycles. The molecule has 23 heavy (non-hydrogen) atoms. The first-order chi connectivity index (χ1) is 10.6. The lowest BCUT2D eigenvalue weighted by molar-refractivity contribution is -0.981. The molecule has 0 aliphatic carbocycles. The first-order valence-electron chi connectivity index (χ1n) is 7.26. The monoisotopic (exact) mass is 356 g/mol. The van der Waals surface area contributed by atoms with Crippen LogP contribution in [0.4, 0.5) is 0 Å². The minimum absolute atomic E-state index is 0. The molecule has 0 aliphatic rings. The Morgan fingerprint density at radius 1 is 0.826 bits per heavy atom. The second kappa shape index (κ2) is 16.7. The number of hydrogen-bond acceptors (Lipinski definition) is 7. The van der Waals surface area contributed by atoms with Gasteiger partial charge in [-0.3, -0.25) is 9.59 Å². The third-order valence-electron chi connectivity index (χ3n) is 2.55. The average molecular weight is 357 g/mol. The summed E-state index contributed by atoms with van der Waals surface area (Å²) in [5.74, 6) is -0.422.